The Labute approximate surface area is 122 Å². The minimum absolute atomic E-state index is 0.367. The second-order valence-electron chi connectivity index (χ2n) is 4.34. The standard InChI is InChI=1S/C13H17N5OS/c1-7-5-16-9(8(2)12(7)19-3)6-20-13-17-10(14)4-11(15)18-13/h4-5H,6H2,1-3H3,(H4,14,15,17,18). The van der Waals surface area contributed by atoms with Crippen LogP contribution in [-0.2, 0) is 5.75 Å². The lowest BCUT2D eigenvalue weighted by molar-refractivity contribution is 0.407. The molecule has 0 aliphatic carbocycles. The molecule has 2 aromatic rings. The molecule has 0 fully saturated rings. The van der Waals surface area contributed by atoms with Crippen LogP contribution in [0.1, 0.15) is 16.8 Å². The molecule has 2 rings (SSSR count). The molecule has 106 valence electrons. The van der Waals surface area contributed by atoms with Gasteiger partial charge in [0, 0.05) is 29.1 Å². The summed E-state index contributed by atoms with van der Waals surface area (Å²) >= 11 is 1.44. The largest absolute Gasteiger partial charge is 0.496 e. The molecule has 6 nitrogen and oxygen atoms in total. The van der Waals surface area contributed by atoms with Crippen molar-refractivity contribution in [3.8, 4) is 5.75 Å². The van der Waals surface area contributed by atoms with Gasteiger partial charge in [-0.2, -0.15) is 0 Å². The highest BCUT2D eigenvalue weighted by atomic mass is 32.2. The number of ether oxygens (including phenoxy) is 1. The maximum Gasteiger partial charge on any atom is 0.191 e. The van der Waals surface area contributed by atoms with E-state index in [4.69, 9.17) is 16.2 Å². The maximum atomic E-state index is 5.64. The highest BCUT2D eigenvalue weighted by molar-refractivity contribution is 7.98. The van der Waals surface area contributed by atoms with Crippen molar-refractivity contribution < 1.29 is 4.74 Å². The quantitative estimate of drug-likeness (QED) is 0.656. The van der Waals surface area contributed by atoms with Gasteiger partial charge >= 0.3 is 0 Å². The van der Waals surface area contributed by atoms with Gasteiger partial charge in [-0.05, 0) is 13.8 Å². The number of nitrogen functional groups attached to an aromatic ring is 2. The van der Waals surface area contributed by atoms with E-state index in [1.165, 1.54) is 17.8 Å². The summed E-state index contributed by atoms with van der Waals surface area (Å²) in [5.41, 5.74) is 14.3. The van der Waals surface area contributed by atoms with Crippen molar-refractivity contribution in [1.29, 1.82) is 0 Å². The van der Waals surface area contributed by atoms with E-state index in [-0.39, 0.29) is 0 Å². The van der Waals surface area contributed by atoms with E-state index in [1.807, 2.05) is 13.8 Å². The molecule has 0 unspecified atom stereocenters. The van der Waals surface area contributed by atoms with E-state index in [0.717, 1.165) is 22.6 Å². The van der Waals surface area contributed by atoms with E-state index < -0.39 is 0 Å². The van der Waals surface area contributed by atoms with E-state index in [0.29, 0.717) is 22.5 Å². The molecule has 7 heteroatoms. The van der Waals surface area contributed by atoms with Gasteiger partial charge in [0.15, 0.2) is 5.16 Å². The first kappa shape index (κ1) is 14.4. The Morgan fingerprint density at radius 1 is 1.20 bits per heavy atom. The number of nitrogens with two attached hydrogens (primary N) is 2. The molecule has 0 amide bonds. The lowest BCUT2D eigenvalue weighted by Gasteiger charge is -2.11. The molecule has 0 spiro atoms. The SMILES string of the molecule is COc1c(C)cnc(CSc2nc(N)cc(N)n2)c1C. The van der Waals surface area contributed by atoms with Crippen LogP contribution in [0.15, 0.2) is 17.4 Å². The molecule has 0 aromatic carbocycles. The minimum Gasteiger partial charge on any atom is -0.496 e. The summed E-state index contributed by atoms with van der Waals surface area (Å²) in [6.45, 7) is 3.96. The van der Waals surface area contributed by atoms with Gasteiger partial charge in [-0.1, -0.05) is 11.8 Å². The third kappa shape index (κ3) is 3.11. The van der Waals surface area contributed by atoms with Crippen LogP contribution < -0.4 is 16.2 Å². The number of methoxy groups -OCH3 is 1. The van der Waals surface area contributed by atoms with Gasteiger partial charge in [-0.25, -0.2) is 9.97 Å². The lowest BCUT2D eigenvalue weighted by atomic mass is 10.1. The summed E-state index contributed by atoms with van der Waals surface area (Å²) in [7, 11) is 1.66. The zero-order valence-electron chi connectivity index (χ0n) is 11.7. The van der Waals surface area contributed by atoms with Crippen LogP contribution in [-0.4, -0.2) is 22.1 Å². The number of nitrogens with zero attached hydrogens (tertiary/aromatic N) is 3. The molecule has 0 saturated carbocycles. The van der Waals surface area contributed by atoms with Crippen molar-refractivity contribution in [1.82, 2.24) is 15.0 Å². The van der Waals surface area contributed by atoms with E-state index in [2.05, 4.69) is 15.0 Å². The first-order valence-electron chi connectivity index (χ1n) is 6.03. The molecule has 0 aliphatic heterocycles. The van der Waals surface area contributed by atoms with Crippen molar-refractivity contribution in [2.45, 2.75) is 24.8 Å². The van der Waals surface area contributed by atoms with Crippen LogP contribution in [0.2, 0.25) is 0 Å². The van der Waals surface area contributed by atoms with Crippen molar-refractivity contribution in [2.24, 2.45) is 0 Å². The average molecular weight is 291 g/mol. The predicted molar refractivity (Wildman–Crippen MR) is 80.7 cm³/mol. The van der Waals surface area contributed by atoms with Crippen LogP contribution in [0.4, 0.5) is 11.6 Å². The first-order chi connectivity index (χ1) is 9.51. The molecule has 0 atom stereocenters. The van der Waals surface area contributed by atoms with Gasteiger partial charge in [0.25, 0.3) is 0 Å². The van der Waals surface area contributed by atoms with Crippen molar-refractivity contribution >= 4 is 23.4 Å². The number of aromatic nitrogens is 3. The van der Waals surface area contributed by atoms with Gasteiger partial charge in [0.1, 0.15) is 17.4 Å². The second kappa shape index (κ2) is 5.96. The van der Waals surface area contributed by atoms with Crippen LogP contribution in [0, 0.1) is 13.8 Å². The zero-order chi connectivity index (χ0) is 14.7. The summed E-state index contributed by atoms with van der Waals surface area (Å²) in [5.74, 6) is 2.23. The van der Waals surface area contributed by atoms with Crippen molar-refractivity contribution in [2.75, 3.05) is 18.6 Å². The Morgan fingerprint density at radius 3 is 2.45 bits per heavy atom. The summed E-state index contributed by atoms with van der Waals surface area (Å²) in [6.07, 6.45) is 1.80. The molecular weight excluding hydrogens is 274 g/mol. The van der Waals surface area contributed by atoms with Gasteiger partial charge in [-0.15, -0.1) is 0 Å². The molecule has 20 heavy (non-hydrogen) atoms. The van der Waals surface area contributed by atoms with E-state index >= 15 is 0 Å². The maximum absolute atomic E-state index is 5.64. The van der Waals surface area contributed by atoms with Crippen LogP contribution in [0.5, 0.6) is 5.75 Å². The highest BCUT2D eigenvalue weighted by Crippen LogP contribution is 2.28. The Morgan fingerprint density at radius 2 is 1.85 bits per heavy atom. The number of aryl methyl sites for hydroxylation is 1. The lowest BCUT2D eigenvalue weighted by Crippen LogP contribution is -2.01. The molecule has 0 radical (unpaired) electrons. The van der Waals surface area contributed by atoms with Crippen molar-refractivity contribution in [3.05, 3.63) is 29.1 Å². The fraction of sp³-hybridized carbons (Fsp3) is 0.308. The Kier molecular flexibility index (Phi) is 4.29. The van der Waals surface area contributed by atoms with E-state index in [1.54, 1.807) is 13.3 Å². The molecule has 2 heterocycles. The van der Waals surface area contributed by atoms with Crippen molar-refractivity contribution in [3.63, 3.8) is 0 Å². The second-order valence-corrected chi connectivity index (χ2v) is 5.28. The van der Waals surface area contributed by atoms with Crippen LogP contribution >= 0.6 is 11.8 Å². The number of pyridine rings is 1. The number of anilines is 2. The van der Waals surface area contributed by atoms with Gasteiger partial charge in [0.05, 0.1) is 12.8 Å². The summed E-state index contributed by atoms with van der Waals surface area (Å²) < 4.78 is 5.39. The molecule has 0 saturated heterocycles. The number of rotatable bonds is 4. The number of hydrogen-bond donors (Lipinski definition) is 2. The molecule has 0 aliphatic rings. The zero-order valence-corrected chi connectivity index (χ0v) is 12.5. The highest BCUT2D eigenvalue weighted by Gasteiger charge is 2.11. The fourth-order valence-corrected chi connectivity index (χ4v) is 2.77. The molecule has 2 aromatic heterocycles. The average Bonchev–Trinajstić information content (AvgIpc) is 2.37. The Balaban J connectivity index is 2.19. The number of hydrogen-bond acceptors (Lipinski definition) is 7. The minimum atomic E-state index is 0.367. The smallest absolute Gasteiger partial charge is 0.191 e. The van der Waals surface area contributed by atoms with E-state index in [9.17, 15) is 0 Å². The normalized spacial score (nSPS) is 10.6. The van der Waals surface area contributed by atoms with Gasteiger partial charge < -0.3 is 16.2 Å². The Bertz CT molecular complexity index is 612. The van der Waals surface area contributed by atoms with Gasteiger partial charge in [0.2, 0.25) is 0 Å². The first-order valence-corrected chi connectivity index (χ1v) is 7.01. The third-order valence-electron chi connectivity index (χ3n) is 2.83. The summed E-state index contributed by atoms with van der Waals surface area (Å²) in [5, 5.41) is 0.545. The monoisotopic (exact) mass is 291 g/mol. The summed E-state index contributed by atoms with van der Waals surface area (Å²) in [4.78, 5) is 12.7. The number of thioether (sulfide) groups is 1. The summed E-state index contributed by atoms with van der Waals surface area (Å²) in [6, 6.07) is 1.53. The fourth-order valence-electron chi connectivity index (χ4n) is 1.88. The molecule has 0 bridgehead atoms. The predicted octanol–water partition coefficient (Wildman–Crippen LogP) is 1.95. The molecular formula is C13H17N5OS. The molecule has 4 N–H and O–H groups in total. The Hall–Kier alpha value is -2.02. The van der Waals surface area contributed by atoms with Crippen LogP contribution in [0.3, 0.4) is 0 Å². The topological polar surface area (TPSA) is 99.9 Å². The van der Waals surface area contributed by atoms with Crippen LogP contribution in [0.25, 0.3) is 0 Å². The van der Waals surface area contributed by atoms with Gasteiger partial charge in [-0.3, -0.25) is 4.98 Å². The third-order valence-corrected chi connectivity index (χ3v) is 3.69.